The maximum absolute atomic E-state index is 10.6. The molecule has 0 bridgehead atoms. The van der Waals surface area contributed by atoms with Gasteiger partial charge in [0.05, 0.1) is 0 Å². The number of benzene rings is 1. The van der Waals surface area contributed by atoms with Gasteiger partial charge >= 0.3 is 0 Å². The van der Waals surface area contributed by atoms with E-state index in [2.05, 4.69) is 20.9 Å². The average Bonchev–Trinajstić information content (AvgIpc) is 2.70. The summed E-state index contributed by atoms with van der Waals surface area (Å²) >= 11 is 3.44. The number of nitrogens with zero attached hydrogens (tertiary/aromatic N) is 1. The van der Waals surface area contributed by atoms with Crippen LogP contribution in [-0.2, 0) is 10.3 Å². The highest BCUT2D eigenvalue weighted by Crippen LogP contribution is 2.52. The third kappa shape index (κ3) is 1.58. The Morgan fingerprint density at radius 3 is 2.82 bits per heavy atom. The molecule has 0 saturated heterocycles. The molecule has 1 aromatic carbocycles. The SMILES string of the molecule is O=C=NC1(c2cc(Br)cc3c2OCO3)CCC1. The van der Waals surface area contributed by atoms with Gasteiger partial charge in [0.15, 0.2) is 11.5 Å². The van der Waals surface area contributed by atoms with Gasteiger partial charge in [0, 0.05) is 10.0 Å². The molecule has 1 saturated carbocycles. The minimum Gasteiger partial charge on any atom is -0.454 e. The number of hydrogen-bond donors (Lipinski definition) is 0. The molecular weight excluding hydrogens is 286 g/mol. The van der Waals surface area contributed by atoms with Gasteiger partial charge in [-0.2, -0.15) is 4.99 Å². The monoisotopic (exact) mass is 295 g/mol. The third-order valence-corrected chi connectivity index (χ3v) is 3.84. The van der Waals surface area contributed by atoms with Gasteiger partial charge in [-0.3, -0.25) is 0 Å². The molecule has 1 aromatic rings. The van der Waals surface area contributed by atoms with Gasteiger partial charge in [-0.25, -0.2) is 4.79 Å². The van der Waals surface area contributed by atoms with Crippen molar-refractivity contribution in [3.05, 3.63) is 22.2 Å². The predicted octanol–water partition coefficient (Wildman–Crippen LogP) is 2.89. The Morgan fingerprint density at radius 1 is 1.35 bits per heavy atom. The first-order valence-corrected chi connectivity index (χ1v) is 6.23. The summed E-state index contributed by atoms with van der Waals surface area (Å²) < 4.78 is 11.8. The fraction of sp³-hybridized carbons (Fsp3) is 0.417. The molecule has 1 aliphatic carbocycles. The highest BCUT2D eigenvalue weighted by molar-refractivity contribution is 9.10. The molecule has 88 valence electrons. The van der Waals surface area contributed by atoms with E-state index in [1.54, 1.807) is 6.08 Å². The first-order valence-electron chi connectivity index (χ1n) is 5.44. The van der Waals surface area contributed by atoms with Crippen LogP contribution < -0.4 is 9.47 Å². The fourth-order valence-corrected chi connectivity index (χ4v) is 2.80. The van der Waals surface area contributed by atoms with Gasteiger partial charge in [0.1, 0.15) is 5.54 Å². The van der Waals surface area contributed by atoms with Gasteiger partial charge in [0.25, 0.3) is 0 Å². The van der Waals surface area contributed by atoms with Crippen LogP contribution in [0, 0.1) is 0 Å². The number of ether oxygens (including phenoxy) is 2. The first kappa shape index (κ1) is 10.8. The maximum Gasteiger partial charge on any atom is 0.235 e. The van der Waals surface area contributed by atoms with E-state index in [0.717, 1.165) is 29.3 Å². The largest absolute Gasteiger partial charge is 0.454 e. The Hall–Kier alpha value is -1.32. The Balaban J connectivity index is 2.17. The van der Waals surface area contributed by atoms with Crippen molar-refractivity contribution in [2.75, 3.05) is 6.79 Å². The van der Waals surface area contributed by atoms with E-state index in [-0.39, 0.29) is 6.79 Å². The number of carbonyl (C=O) groups excluding carboxylic acids is 1. The zero-order chi connectivity index (χ0) is 11.9. The molecule has 1 fully saturated rings. The number of hydrogen-bond acceptors (Lipinski definition) is 4. The van der Waals surface area contributed by atoms with E-state index in [1.165, 1.54) is 0 Å². The molecule has 0 aromatic heterocycles. The zero-order valence-corrected chi connectivity index (χ0v) is 10.6. The lowest BCUT2D eigenvalue weighted by Gasteiger charge is -2.37. The van der Waals surface area contributed by atoms with Crippen LogP contribution in [0.2, 0.25) is 0 Å². The molecule has 4 nitrogen and oxygen atoms in total. The van der Waals surface area contributed by atoms with Crippen LogP contribution in [0.15, 0.2) is 21.6 Å². The Kier molecular flexibility index (Phi) is 2.45. The summed E-state index contributed by atoms with van der Waals surface area (Å²) in [5.74, 6) is 1.42. The second-order valence-electron chi connectivity index (χ2n) is 4.28. The van der Waals surface area contributed by atoms with Crippen LogP contribution >= 0.6 is 15.9 Å². The average molecular weight is 296 g/mol. The van der Waals surface area contributed by atoms with Gasteiger partial charge in [-0.15, -0.1) is 0 Å². The number of isocyanates is 1. The van der Waals surface area contributed by atoms with Crippen molar-refractivity contribution in [1.29, 1.82) is 0 Å². The smallest absolute Gasteiger partial charge is 0.235 e. The molecule has 0 N–H and O–H groups in total. The molecule has 5 heteroatoms. The van der Waals surface area contributed by atoms with Crippen LogP contribution in [0.3, 0.4) is 0 Å². The second-order valence-corrected chi connectivity index (χ2v) is 5.19. The zero-order valence-electron chi connectivity index (χ0n) is 9.03. The quantitative estimate of drug-likeness (QED) is 0.623. The summed E-state index contributed by atoms with van der Waals surface area (Å²) in [6.07, 6.45) is 4.46. The topological polar surface area (TPSA) is 47.9 Å². The number of aliphatic imine (C=N–C) groups is 1. The van der Waals surface area contributed by atoms with Crippen molar-refractivity contribution < 1.29 is 14.3 Å². The molecule has 2 aliphatic rings. The van der Waals surface area contributed by atoms with Crippen molar-refractivity contribution in [2.45, 2.75) is 24.8 Å². The normalized spacial score (nSPS) is 19.4. The Morgan fingerprint density at radius 2 is 2.18 bits per heavy atom. The Bertz CT molecular complexity index is 519. The van der Waals surface area contributed by atoms with Gasteiger partial charge in [-0.05, 0) is 31.4 Å². The number of fused-ring (bicyclic) bond motifs is 1. The molecule has 17 heavy (non-hydrogen) atoms. The Labute approximate surface area is 107 Å². The van der Waals surface area contributed by atoms with E-state index >= 15 is 0 Å². The highest BCUT2D eigenvalue weighted by atomic mass is 79.9. The van der Waals surface area contributed by atoms with Crippen molar-refractivity contribution >= 4 is 22.0 Å². The van der Waals surface area contributed by atoms with E-state index in [9.17, 15) is 4.79 Å². The summed E-state index contributed by atoms with van der Waals surface area (Å²) in [5, 5.41) is 0. The summed E-state index contributed by atoms with van der Waals surface area (Å²) in [7, 11) is 0. The van der Waals surface area contributed by atoms with Crippen LogP contribution in [0.1, 0.15) is 24.8 Å². The van der Waals surface area contributed by atoms with Crippen molar-refractivity contribution in [1.82, 2.24) is 0 Å². The van der Waals surface area contributed by atoms with E-state index < -0.39 is 5.54 Å². The van der Waals surface area contributed by atoms with Crippen molar-refractivity contribution in [3.63, 3.8) is 0 Å². The minimum absolute atomic E-state index is 0.222. The van der Waals surface area contributed by atoms with E-state index in [1.807, 2.05) is 12.1 Å². The van der Waals surface area contributed by atoms with Gasteiger partial charge in [-0.1, -0.05) is 15.9 Å². The van der Waals surface area contributed by atoms with Crippen molar-refractivity contribution in [3.8, 4) is 11.5 Å². The molecule has 0 amide bonds. The molecule has 0 radical (unpaired) electrons. The summed E-state index contributed by atoms with van der Waals surface area (Å²) in [6.45, 7) is 0.222. The summed E-state index contributed by atoms with van der Waals surface area (Å²) in [6, 6.07) is 3.82. The van der Waals surface area contributed by atoms with Gasteiger partial charge < -0.3 is 9.47 Å². The van der Waals surface area contributed by atoms with Crippen LogP contribution in [0.5, 0.6) is 11.5 Å². The van der Waals surface area contributed by atoms with Gasteiger partial charge in [0.2, 0.25) is 12.9 Å². The van der Waals surface area contributed by atoms with Crippen LogP contribution in [-0.4, -0.2) is 12.9 Å². The summed E-state index contributed by atoms with van der Waals surface area (Å²) in [5.41, 5.74) is 0.470. The first-order chi connectivity index (χ1) is 8.25. The fourth-order valence-electron chi connectivity index (χ4n) is 2.36. The summed E-state index contributed by atoms with van der Waals surface area (Å²) in [4.78, 5) is 14.6. The molecular formula is C12H10BrNO3. The lowest BCUT2D eigenvalue weighted by Crippen LogP contribution is -2.32. The predicted molar refractivity (Wildman–Crippen MR) is 63.9 cm³/mol. The molecule has 1 aliphatic heterocycles. The molecule has 3 rings (SSSR count). The van der Waals surface area contributed by atoms with Crippen LogP contribution in [0.4, 0.5) is 0 Å². The molecule has 0 spiro atoms. The lowest BCUT2D eigenvalue weighted by molar-refractivity contribution is 0.168. The lowest BCUT2D eigenvalue weighted by atomic mass is 9.72. The standard InChI is InChI=1S/C12H10BrNO3/c13-8-4-9(11-10(5-8)16-7-17-11)12(14-6-15)2-1-3-12/h4-5H,1-3,7H2. The van der Waals surface area contributed by atoms with Crippen LogP contribution in [0.25, 0.3) is 0 Å². The van der Waals surface area contributed by atoms with Crippen molar-refractivity contribution in [2.24, 2.45) is 4.99 Å². The number of rotatable bonds is 2. The third-order valence-electron chi connectivity index (χ3n) is 3.38. The maximum atomic E-state index is 10.6. The van der Waals surface area contributed by atoms with E-state index in [4.69, 9.17) is 9.47 Å². The highest BCUT2D eigenvalue weighted by Gasteiger charge is 2.43. The molecule has 1 heterocycles. The second kappa shape index (κ2) is 3.86. The minimum atomic E-state index is -0.455. The number of halogens is 1. The van der Waals surface area contributed by atoms with E-state index in [0.29, 0.717) is 11.5 Å². The molecule has 0 unspecified atom stereocenters. The molecule has 0 atom stereocenters.